The maximum atomic E-state index is 11.6. The van der Waals surface area contributed by atoms with Crippen LogP contribution in [0.2, 0.25) is 0 Å². The third kappa shape index (κ3) is 4.10. The molecule has 0 radical (unpaired) electrons. The Balaban J connectivity index is 1.57. The van der Waals surface area contributed by atoms with Crippen molar-refractivity contribution >= 4 is 5.91 Å². The molecule has 2 N–H and O–H groups in total. The van der Waals surface area contributed by atoms with Gasteiger partial charge in [-0.3, -0.25) is 4.79 Å². The Labute approximate surface area is 107 Å². The molecule has 1 aliphatic heterocycles. The van der Waals surface area contributed by atoms with Crippen molar-refractivity contribution in [3.05, 3.63) is 11.7 Å². The molecule has 2 rings (SSSR count). The van der Waals surface area contributed by atoms with E-state index in [2.05, 4.69) is 20.8 Å². The molecule has 0 aromatic carbocycles. The van der Waals surface area contributed by atoms with Crippen LogP contribution < -0.4 is 10.6 Å². The third-order valence-corrected chi connectivity index (χ3v) is 3.17. The van der Waals surface area contributed by atoms with Gasteiger partial charge in [0.05, 0.1) is 0 Å². The fourth-order valence-corrected chi connectivity index (χ4v) is 2.13. The van der Waals surface area contributed by atoms with Crippen LogP contribution in [-0.4, -0.2) is 35.7 Å². The summed E-state index contributed by atoms with van der Waals surface area (Å²) in [7, 11) is 0. The lowest BCUT2D eigenvalue weighted by Gasteiger charge is -2.07. The second kappa shape index (κ2) is 6.49. The molecular weight excluding hydrogens is 232 g/mol. The van der Waals surface area contributed by atoms with E-state index in [4.69, 9.17) is 4.52 Å². The summed E-state index contributed by atoms with van der Waals surface area (Å²) in [5.41, 5.74) is 0. The standard InChI is InChI=1S/C12H20N4O2/c1-9-15-12(18-16-9)5-7-14-11(17)3-2-10-4-6-13-8-10/h10,13H,2-8H2,1H3,(H,14,17). The summed E-state index contributed by atoms with van der Waals surface area (Å²) in [6.07, 6.45) is 3.36. The van der Waals surface area contributed by atoms with Crippen LogP contribution in [0.1, 0.15) is 31.0 Å². The van der Waals surface area contributed by atoms with Crippen molar-refractivity contribution in [1.82, 2.24) is 20.8 Å². The van der Waals surface area contributed by atoms with Gasteiger partial charge in [0.1, 0.15) is 0 Å². The number of carbonyl (C=O) groups excluding carboxylic acids is 1. The van der Waals surface area contributed by atoms with Crippen LogP contribution in [0.3, 0.4) is 0 Å². The minimum absolute atomic E-state index is 0.109. The maximum absolute atomic E-state index is 11.6. The predicted molar refractivity (Wildman–Crippen MR) is 66.0 cm³/mol. The average Bonchev–Trinajstić information content (AvgIpc) is 2.98. The monoisotopic (exact) mass is 252 g/mol. The van der Waals surface area contributed by atoms with Gasteiger partial charge >= 0.3 is 0 Å². The SMILES string of the molecule is Cc1noc(CCNC(=O)CCC2CCNC2)n1. The average molecular weight is 252 g/mol. The van der Waals surface area contributed by atoms with E-state index in [9.17, 15) is 4.79 Å². The molecule has 1 aromatic heterocycles. The number of hydrogen-bond donors (Lipinski definition) is 2. The Morgan fingerprint density at radius 3 is 3.17 bits per heavy atom. The normalized spacial score (nSPS) is 19.1. The van der Waals surface area contributed by atoms with E-state index in [1.807, 2.05) is 0 Å². The topological polar surface area (TPSA) is 80.0 Å². The van der Waals surface area contributed by atoms with E-state index < -0.39 is 0 Å². The van der Waals surface area contributed by atoms with E-state index >= 15 is 0 Å². The highest BCUT2D eigenvalue weighted by Crippen LogP contribution is 2.13. The van der Waals surface area contributed by atoms with Gasteiger partial charge in [-0.25, -0.2) is 0 Å². The fourth-order valence-electron chi connectivity index (χ4n) is 2.13. The lowest BCUT2D eigenvalue weighted by atomic mass is 10.0. The Bertz CT molecular complexity index is 385. The highest BCUT2D eigenvalue weighted by Gasteiger charge is 2.15. The van der Waals surface area contributed by atoms with Crippen LogP contribution >= 0.6 is 0 Å². The maximum Gasteiger partial charge on any atom is 0.228 e. The minimum Gasteiger partial charge on any atom is -0.356 e. The Kier molecular flexibility index (Phi) is 4.69. The van der Waals surface area contributed by atoms with Crippen LogP contribution in [0.5, 0.6) is 0 Å². The summed E-state index contributed by atoms with van der Waals surface area (Å²) in [6, 6.07) is 0. The van der Waals surface area contributed by atoms with Gasteiger partial charge in [0, 0.05) is 19.4 Å². The Hall–Kier alpha value is -1.43. The molecule has 1 aromatic rings. The molecule has 0 bridgehead atoms. The van der Waals surface area contributed by atoms with Crippen molar-refractivity contribution < 1.29 is 9.32 Å². The summed E-state index contributed by atoms with van der Waals surface area (Å²) < 4.78 is 4.97. The highest BCUT2D eigenvalue weighted by molar-refractivity contribution is 5.75. The molecule has 1 aliphatic rings. The van der Waals surface area contributed by atoms with Gasteiger partial charge in [-0.05, 0) is 38.8 Å². The Morgan fingerprint density at radius 1 is 1.61 bits per heavy atom. The van der Waals surface area contributed by atoms with Crippen molar-refractivity contribution in [2.24, 2.45) is 5.92 Å². The predicted octanol–water partition coefficient (Wildman–Crippen LogP) is 0.426. The zero-order valence-corrected chi connectivity index (χ0v) is 10.7. The number of amides is 1. The van der Waals surface area contributed by atoms with Gasteiger partial charge in [0.2, 0.25) is 11.8 Å². The van der Waals surface area contributed by atoms with Crippen LogP contribution in [0.15, 0.2) is 4.52 Å². The van der Waals surface area contributed by atoms with Crippen molar-refractivity contribution in [2.75, 3.05) is 19.6 Å². The molecule has 100 valence electrons. The second-order valence-electron chi connectivity index (χ2n) is 4.73. The number of aryl methyl sites for hydroxylation is 1. The van der Waals surface area contributed by atoms with Gasteiger partial charge in [0.25, 0.3) is 0 Å². The van der Waals surface area contributed by atoms with Gasteiger partial charge in [-0.1, -0.05) is 5.16 Å². The van der Waals surface area contributed by atoms with E-state index in [-0.39, 0.29) is 5.91 Å². The quantitative estimate of drug-likeness (QED) is 0.767. The molecule has 1 unspecified atom stereocenters. The minimum atomic E-state index is 0.109. The number of rotatable bonds is 6. The molecule has 0 spiro atoms. The number of carbonyl (C=O) groups is 1. The molecule has 0 aliphatic carbocycles. The summed E-state index contributed by atoms with van der Waals surface area (Å²) in [4.78, 5) is 15.7. The summed E-state index contributed by atoms with van der Waals surface area (Å²) in [6.45, 7) is 4.47. The van der Waals surface area contributed by atoms with Crippen LogP contribution in [-0.2, 0) is 11.2 Å². The molecule has 6 nitrogen and oxygen atoms in total. The number of aromatic nitrogens is 2. The van der Waals surface area contributed by atoms with E-state index in [0.717, 1.165) is 19.5 Å². The van der Waals surface area contributed by atoms with Gasteiger partial charge in [-0.15, -0.1) is 0 Å². The van der Waals surface area contributed by atoms with Gasteiger partial charge in [0.15, 0.2) is 5.82 Å². The Morgan fingerprint density at radius 2 is 2.50 bits per heavy atom. The third-order valence-electron chi connectivity index (χ3n) is 3.17. The lowest BCUT2D eigenvalue weighted by molar-refractivity contribution is -0.121. The van der Waals surface area contributed by atoms with E-state index in [0.29, 0.717) is 37.0 Å². The van der Waals surface area contributed by atoms with Crippen molar-refractivity contribution in [3.8, 4) is 0 Å². The number of nitrogens with one attached hydrogen (secondary N) is 2. The van der Waals surface area contributed by atoms with Crippen LogP contribution in [0.25, 0.3) is 0 Å². The first kappa shape index (κ1) is 13.0. The smallest absolute Gasteiger partial charge is 0.228 e. The number of hydrogen-bond acceptors (Lipinski definition) is 5. The van der Waals surface area contributed by atoms with Crippen LogP contribution in [0, 0.1) is 12.8 Å². The fraction of sp³-hybridized carbons (Fsp3) is 0.750. The highest BCUT2D eigenvalue weighted by atomic mass is 16.5. The van der Waals surface area contributed by atoms with E-state index in [1.54, 1.807) is 6.92 Å². The molecular formula is C12H20N4O2. The first-order valence-electron chi connectivity index (χ1n) is 6.50. The summed E-state index contributed by atoms with van der Waals surface area (Å²) in [5.74, 6) is 1.98. The van der Waals surface area contributed by atoms with Crippen molar-refractivity contribution in [1.29, 1.82) is 0 Å². The molecule has 1 fully saturated rings. The molecule has 0 saturated carbocycles. The van der Waals surface area contributed by atoms with Crippen LogP contribution in [0.4, 0.5) is 0 Å². The molecule has 1 atom stereocenters. The lowest BCUT2D eigenvalue weighted by Crippen LogP contribution is -2.26. The first-order chi connectivity index (χ1) is 8.74. The zero-order chi connectivity index (χ0) is 12.8. The molecule has 1 saturated heterocycles. The van der Waals surface area contributed by atoms with E-state index in [1.165, 1.54) is 6.42 Å². The molecule has 6 heteroatoms. The summed E-state index contributed by atoms with van der Waals surface area (Å²) in [5, 5.41) is 9.88. The second-order valence-corrected chi connectivity index (χ2v) is 4.73. The molecule has 2 heterocycles. The first-order valence-corrected chi connectivity index (χ1v) is 6.50. The molecule has 18 heavy (non-hydrogen) atoms. The van der Waals surface area contributed by atoms with Crippen molar-refractivity contribution in [3.63, 3.8) is 0 Å². The largest absolute Gasteiger partial charge is 0.356 e. The zero-order valence-electron chi connectivity index (χ0n) is 10.7. The van der Waals surface area contributed by atoms with Crippen molar-refractivity contribution in [2.45, 2.75) is 32.6 Å². The molecule has 1 amide bonds. The van der Waals surface area contributed by atoms with Gasteiger partial charge in [-0.2, -0.15) is 4.98 Å². The number of nitrogens with zero attached hydrogens (tertiary/aromatic N) is 2. The van der Waals surface area contributed by atoms with Gasteiger partial charge < -0.3 is 15.2 Å². The summed E-state index contributed by atoms with van der Waals surface area (Å²) >= 11 is 0.